The molecule has 3 heteroatoms. The molecular weight excluding hydrogens is 186 g/mol. The van der Waals surface area contributed by atoms with Crippen molar-refractivity contribution in [3.8, 4) is 0 Å². The van der Waals surface area contributed by atoms with Gasteiger partial charge in [0.15, 0.2) is 0 Å². The van der Waals surface area contributed by atoms with Crippen molar-refractivity contribution < 1.29 is 0 Å². The van der Waals surface area contributed by atoms with E-state index in [1.54, 1.807) is 0 Å². The van der Waals surface area contributed by atoms with Crippen LogP contribution in [-0.2, 0) is 0 Å². The molecule has 0 saturated carbocycles. The van der Waals surface area contributed by atoms with Crippen LogP contribution in [-0.4, -0.2) is 62.7 Å². The number of likely N-dealkylation sites (N-methyl/N-ethyl adjacent to an activating group) is 1. The second-order valence-electron chi connectivity index (χ2n) is 4.55. The topological polar surface area (TPSA) is 18.5 Å². The van der Waals surface area contributed by atoms with Crippen LogP contribution >= 0.6 is 0 Å². The molecule has 0 aromatic rings. The molecule has 0 atom stereocenters. The molecule has 2 saturated heterocycles. The standard InChI is InChI=1S/C7H15N.C5H12N2/c1-2-8-6-4-3-5-7-8;1-7-4-2-6-3-5-7/h2-7H2,1H3;6H,2-5H2,1H3. The average molecular weight is 213 g/mol. The third-order valence-corrected chi connectivity index (χ3v) is 3.24. The Labute approximate surface area is 94.8 Å². The largest absolute Gasteiger partial charge is 0.314 e. The molecule has 0 amide bonds. The van der Waals surface area contributed by atoms with Gasteiger partial charge in [0, 0.05) is 26.2 Å². The third kappa shape index (κ3) is 6.13. The van der Waals surface area contributed by atoms with Gasteiger partial charge >= 0.3 is 0 Å². The lowest BCUT2D eigenvalue weighted by molar-refractivity contribution is 0.240. The number of piperidine rings is 1. The fourth-order valence-corrected chi connectivity index (χ4v) is 2.05. The van der Waals surface area contributed by atoms with E-state index in [2.05, 4.69) is 29.1 Å². The number of rotatable bonds is 1. The summed E-state index contributed by atoms with van der Waals surface area (Å²) in [6.07, 6.45) is 4.30. The summed E-state index contributed by atoms with van der Waals surface area (Å²) in [7, 11) is 2.15. The Hall–Kier alpha value is -0.120. The maximum atomic E-state index is 3.27. The normalized spacial score (nSPS) is 24.4. The van der Waals surface area contributed by atoms with E-state index >= 15 is 0 Å². The van der Waals surface area contributed by atoms with Crippen LogP contribution in [0.25, 0.3) is 0 Å². The molecule has 0 radical (unpaired) electrons. The first-order valence-electron chi connectivity index (χ1n) is 6.44. The number of hydrogen-bond donors (Lipinski definition) is 1. The Balaban J connectivity index is 0.000000151. The zero-order chi connectivity index (χ0) is 10.9. The van der Waals surface area contributed by atoms with Gasteiger partial charge in [0.25, 0.3) is 0 Å². The molecule has 15 heavy (non-hydrogen) atoms. The van der Waals surface area contributed by atoms with Gasteiger partial charge in [-0.3, -0.25) is 0 Å². The molecule has 3 nitrogen and oxygen atoms in total. The van der Waals surface area contributed by atoms with Gasteiger partial charge in [-0.15, -0.1) is 0 Å². The minimum absolute atomic E-state index is 1.16. The van der Waals surface area contributed by atoms with Gasteiger partial charge < -0.3 is 15.1 Å². The van der Waals surface area contributed by atoms with E-state index in [1.807, 2.05) is 0 Å². The molecule has 2 heterocycles. The predicted octanol–water partition coefficient (Wildman–Crippen LogP) is 1.01. The SMILES string of the molecule is CCN1CCCCC1.CN1CCNCC1. The van der Waals surface area contributed by atoms with Crippen LogP contribution in [0.1, 0.15) is 26.2 Å². The molecule has 0 unspecified atom stereocenters. The van der Waals surface area contributed by atoms with E-state index in [1.165, 1.54) is 52.0 Å². The lowest BCUT2D eigenvalue weighted by atomic mass is 10.1. The lowest BCUT2D eigenvalue weighted by Gasteiger charge is -2.24. The van der Waals surface area contributed by atoms with E-state index < -0.39 is 0 Å². The fourth-order valence-electron chi connectivity index (χ4n) is 2.05. The highest BCUT2D eigenvalue weighted by Crippen LogP contribution is 2.06. The Bertz CT molecular complexity index is 138. The summed E-state index contributed by atoms with van der Waals surface area (Å²) in [6.45, 7) is 10.9. The third-order valence-electron chi connectivity index (χ3n) is 3.24. The minimum atomic E-state index is 1.16. The molecule has 2 rings (SSSR count). The van der Waals surface area contributed by atoms with Crippen LogP contribution in [0.5, 0.6) is 0 Å². The van der Waals surface area contributed by atoms with Crippen LogP contribution in [0, 0.1) is 0 Å². The summed E-state index contributed by atoms with van der Waals surface area (Å²) < 4.78 is 0. The van der Waals surface area contributed by atoms with Gasteiger partial charge in [0.05, 0.1) is 0 Å². The Morgan fingerprint density at radius 3 is 1.87 bits per heavy atom. The molecule has 0 spiro atoms. The summed E-state index contributed by atoms with van der Waals surface area (Å²) in [5.74, 6) is 0. The van der Waals surface area contributed by atoms with Crippen LogP contribution < -0.4 is 5.32 Å². The van der Waals surface area contributed by atoms with Crippen molar-refractivity contribution in [2.45, 2.75) is 26.2 Å². The average Bonchev–Trinajstić information content (AvgIpc) is 2.32. The van der Waals surface area contributed by atoms with Crippen LogP contribution in [0.15, 0.2) is 0 Å². The number of piperazine rings is 1. The summed E-state index contributed by atoms with van der Waals surface area (Å²) in [4.78, 5) is 4.85. The molecule has 90 valence electrons. The fraction of sp³-hybridized carbons (Fsp3) is 1.00. The van der Waals surface area contributed by atoms with E-state index in [0.717, 1.165) is 13.1 Å². The van der Waals surface area contributed by atoms with Gasteiger partial charge in [0.1, 0.15) is 0 Å². The zero-order valence-electron chi connectivity index (χ0n) is 10.5. The molecule has 1 N–H and O–H groups in total. The minimum Gasteiger partial charge on any atom is -0.314 e. The summed E-state index contributed by atoms with van der Waals surface area (Å²) in [5, 5.41) is 3.27. The number of nitrogens with one attached hydrogen (secondary N) is 1. The number of likely N-dealkylation sites (tertiary alicyclic amines) is 1. The Morgan fingerprint density at radius 1 is 0.933 bits per heavy atom. The smallest absolute Gasteiger partial charge is 0.0104 e. The van der Waals surface area contributed by atoms with Crippen molar-refractivity contribution in [2.75, 3.05) is 52.9 Å². The lowest BCUT2D eigenvalue weighted by Crippen LogP contribution is -2.40. The maximum absolute atomic E-state index is 3.27. The highest BCUT2D eigenvalue weighted by Gasteiger charge is 2.05. The first-order valence-corrected chi connectivity index (χ1v) is 6.44. The second-order valence-corrected chi connectivity index (χ2v) is 4.55. The van der Waals surface area contributed by atoms with Crippen molar-refractivity contribution in [3.63, 3.8) is 0 Å². The zero-order valence-corrected chi connectivity index (χ0v) is 10.5. The van der Waals surface area contributed by atoms with E-state index in [0.29, 0.717) is 0 Å². The molecule has 0 aromatic heterocycles. The van der Waals surface area contributed by atoms with Crippen molar-refractivity contribution in [2.24, 2.45) is 0 Å². The maximum Gasteiger partial charge on any atom is 0.0104 e. The van der Waals surface area contributed by atoms with Crippen LogP contribution in [0.3, 0.4) is 0 Å². The molecule has 2 aliphatic heterocycles. The molecule has 0 aliphatic carbocycles. The van der Waals surface area contributed by atoms with E-state index in [-0.39, 0.29) is 0 Å². The molecule has 0 aromatic carbocycles. The predicted molar refractivity (Wildman–Crippen MR) is 66.3 cm³/mol. The highest BCUT2D eigenvalue weighted by atomic mass is 15.2. The van der Waals surface area contributed by atoms with Crippen molar-refractivity contribution in [3.05, 3.63) is 0 Å². The van der Waals surface area contributed by atoms with Crippen molar-refractivity contribution in [1.29, 1.82) is 0 Å². The van der Waals surface area contributed by atoms with Gasteiger partial charge in [-0.25, -0.2) is 0 Å². The van der Waals surface area contributed by atoms with Crippen LogP contribution in [0.4, 0.5) is 0 Å². The summed E-state index contributed by atoms with van der Waals surface area (Å²) >= 11 is 0. The van der Waals surface area contributed by atoms with Crippen molar-refractivity contribution >= 4 is 0 Å². The monoisotopic (exact) mass is 213 g/mol. The quantitative estimate of drug-likeness (QED) is 0.701. The Kier molecular flexibility index (Phi) is 6.98. The first-order chi connectivity index (χ1) is 7.33. The van der Waals surface area contributed by atoms with E-state index in [4.69, 9.17) is 0 Å². The molecule has 2 fully saturated rings. The van der Waals surface area contributed by atoms with Gasteiger partial charge in [-0.2, -0.15) is 0 Å². The van der Waals surface area contributed by atoms with Gasteiger partial charge in [-0.05, 0) is 39.5 Å². The number of hydrogen-bond acceptors (Lipinski definition) is 3. The van der Waals surface area contributed by atoms with Gasteiger partial charge in [-0.1, -0.05) is 13.3 Å². The number of nitrogens with zero attached hydrogens (tertiary/aromatic N) is 2. The Morgan fingerprint density at radius 2 is 1.53 bits per heavy atom. The van der Waals surface area contributed by atoms with E-state index in [9.17, 15) is 0 Å². The first kappa shape index (κ1) is 12.9. The summed E-state index contributed by atoms with van der Waals surface area (Å²) in [6, 6.07) is 0. The van der Waals surface area contributed by atoms with Crippen LogP contribution in [0.2, 0.25) is 0 Å². The second kappa shape index (κ2) is 8.08. The molecular formula is C12H27N3. The van der Waals surface area contributed by atoms with Crippen molar-refractivity contribution in [1.82, 2.24) is 15.1 Å². The highest BCUT2D eigenvalue weighted by molar-refractivity contribution is 4.62. The molecule has 0 bridgehead atoms. The molecule has 2 aliphatic rings. The van der Waals surface area contributed by atoms with Gasteiger partial charge in [0.2, 0.25) is 0 Å². The summed E-state index contributed by atoms with van der Waals surface area (Å²) in [5.41, 5.74) is 0.